The first-order chi connectivity index (χ1) is 8.11. The van der Waals surface area contributed by atoms with E-state index in [1.165, 1.54) is 6.07 Å². The molecule has 2 rings (SSSR count). The molecule has 0 atom stereocenters. The highest BCUT2D eigenvalue weighted by Gasteiger charge is 2.24. The van der Waals surface area contributed by atoms with Crippen molar-refractivity contribution in [3.05, 3.63) is 64.2 Å². The molecule has 0 bridgehead atoms. The summed E-state index contributed by atoms with van der Waals surface area (Å²) in [7, 11) is 0. The Kier molecular flexibility index (Phi) is 2.82. The largest absolute Gasteiger partial charge is 0.315 e. The second kappa shape index (κ2) is 4.29. The van der Waals surface area contributed by atoms with Crippen LogP contribution >= 0.6 is 0 Å². The van der Waals surface area contributed by atoms with Crippen LogP contribution in [0.3, 0.4) is 0 Å². The Hall–Kier alpha value is -2.30. The van der Waals surface area contributed by atoms with Crippen LogP contribution in [-0.4, -0.2) is 4.92 Å². The van der Waals surface area contributed by atoms with Crippen molar-refractivity contribution in [2.75, 3.05) is 0 Å². The fourth-order valence-corrected chi connectivity index (χ4v) is 1.57. The van der Waals surface area contributed by atoms with Crippen LogP contribution in [0.2, 0.25) is 0 Å². The molecular formula is C12H7F2NO2. The first-order valence-corrected chi connectivity index (χ1v) is 4.79. The molecule has 0 aliphatic carbocycles. The Morgan fingerprint density at radius 3 is 2.24 bits per heavy atom. The van der Waals surface area contributed by atoms with E-state index in [9.17, 15) is 18.9 Å². The molecule has 0 unspecified atom stereocenters. The van der Waals surface area contributed by atoms with Gasteiger partial charge in [-0.15, -0.1) is 0 Å². The van der Waals surface area contributed by atoms with Gasteiger partial charge in [0.25, 0.3) is 0 Å². The maximum atomic E-state index is 13.4. The van der Waals surface area contributed by atoms with Crippen LogP contribution in [0.1, 0.15) is 0 Å². The fraction of sp³-hybridized carbons (Fsp3) is 0. The molecule has 0 N–H and O–H groups in total. The first-order valence-electron chi connectivity index (χ1n) is 4.79. The lowest BCUT2D eigenvalue weighted by molar-refractivity contribution is -0.387. The Morgan fingerprint density at radius 1 is 1.00 bits per heavy atom. The van der Waals surface area contributed by atoms with Crippen LogP contribution in [-0.2, 0) is 0 Å². The number of hydrogen-bond donors (Lipinski definition) is 0. The van der Waals surface area contributed by atoms with Gasteiger partial charge in [-0.25, -0.2) is 4.39 Å². The second-order valence-electron chi connectivity index (χ2n) is 3.38. The molecule has 5 heteroatoms. The Balaban J connectivity index is 2.71. The van der Waals surface area contributed by atoms with Crippen LogP contribution in [0.5, 0.6) is 0 Å². The van der Waals surface area contributed by atoms with Gasteiger partial charge in [0.05, 0.1) is 10.5 Å². The van der Waals surface area contributed by atoms with E-state index in [-0.39, 0.29) is 5.56 Å². The molecule has 0 spiro atoms. The maximum absolute atomic E-state index is 13.4. The monoisotopic (exact) mass is 235 g/mol. The Morgan fingerprint density at radius 2 is 1.65 bits per heavy atom. The van der Waals surface area contributed by atoms with Crippen LogP contribution < -0.4 is 0 Å². The van der Waals surface area contributed by atoms with Crippen molar-refractivity contribution in [1.29, 1.82) is 0 Å². The fourth-order valence-electron chi connectivity index (χ4n) is 1.57. The predicted molar refractivity (Wildman–Crippen MR) is 58.4 cm³/mol. The molecule has 0 amide bonds. The molecule has 0 aliphatic rings. The highest BCUT2D eigenvalue weighted by Crippen LogP contribution is 2.33. The van der Waals surface area contributed by atoms with Gasteiger partial charge in [0.2, 0.25) is 5.82 Å². The van der Waals surface area contributed by atoms with Gasteiger partial charge in [-0.1, -0.05) is 30.3 Å². The number of nitro groups is 1. The summed E-state index contributed by atoms with van der Waals surface area (Å²) in [6.45, 7) is 0. The quantitative estimate of drug-likeness (QED) is 0.590. The molecule has 0 aromatic heterocycles. The topological polar surface area (TPSA) is 43.1 Å². The minimum Gasteiger partial charge on any atom is -0.258 e. The van der Waals surface area contributed by atoms with Crippen molar-refractivity contribution in [1.82, 2.24) is 0 Å². The van der Waals surface area contributed by atoms with Crippen molar-refractivity contribution in [3.8, 4) is 11.1 Å². The highest BCUT2D eigenvalue weighted by molar-refractivity contribution is 5.73. The third-order valence-electron chi connectivity index (χ3n) is 2.34. The summed E-state index contributed by atoms with van der Waals surface area (Å²) < 4.78 is 26.3. The Labute approximate surface area is 95.5 Å². The van der Waals surface area contributed by atoms with E-state index in [0.717, 1.165) is 6.07 Å². The normalized spacial score (nSPS) is 10.2. The highest BCUT2D eigenvalue weighted by atomic mass is 19.2. The van der Waals surface area contributed by atoms with E-state index < -0.39 is 22.2 Å². The molecule has 2 aromatic rings. The number of nitrogens with zero attached hydrogens (tertiary/aromatic N) is 1. The molecule has 0 fully saturated rings. The van der Waals surface area contributed by atoms with Crippen molar-refractivity contribution < 1.29 is 13.7 Å². The van der Waals surface area contributed by atoms with Crippen molar-refractivity contribution in [2.45, 2.75) is 0 Å². The van der Waals surface area contributed by atoms with Gasteiger partial charge < -0.3 is 0 Å². The smallest absolute Gasteiger partial charge is 0.258 e. The second-order valence-corrected chi connectivity index (χ2v) is 3.38. The zero-order chi connectivity index (χ0) is 12.4. The summed E-state index contributed by atoms with van der Waals surface area (Å²) in [5.41, 5.74) is -0.302. The van der Waals surface area contributed by atoms with Gasteiger partial charge in [-0.05, 0) is 17.7 Å². The van der Waals surface area contributed by atoms with Crippen molar-refractivity contribution in [2.24, 2.45) is 0 Å². The lowest BCUT2D eigenvalue weighted by Gasteiger charge is -2.04. The summed E-state index contributed by atoms with van der Waals surface area (Å²) in [6, 6.07) is 10.3. The molecular weight excluding hydrogens is 228 g/mol. The SMILES string of the molecule is O=[N+]([O-])c1c(-c2ccccc2)ccc(F)c1F. The number of benzene rings is 2. The van der Waals surface area contributed by atoms with E-state index in [0.29, 0.717) is 5.56 Å². The van der Waals surface area contributed by atoms with E-state index in [1.54, 1.807) is 30.3 Å². The molecule has 0 saturated heterocycles. The number of hydrogen-bond acceptors (Lipinski definition) is 2. The third kappa shape index (κ3) is 1.99. The minimum atomic E-state index is -1.43. The number of halogens is 2. The van der Waals surface area contributed by atoms with Crippen LogP contribution in [0.4, 0.5) is 14.5 Å². The average molecular weight is 235 g/mol. The molecule has 3 nitrogen and oxygen atoms in total. The first kappa shape index (κ1) is 11.2. The third-order valence-corrected chi connectivity index (χ3v) is 2.34. The molecule has 86 valence electrons. The van der Waals surface area contributed by atoms with Gasteiger partial charge in [0.1, 0.15) is 0 Å². The van der Waals surface area contributed by atoms with Gasteiger partial charge in [-0.2, -0.15) is 4.39 Å². The summed E-state index contributed by atoms with van der Waals surface area (Å²) in [5.74, 6) is -2.66. The Bertz CT molecular complexity index is 570. The van der Waals surface area contributed by atoms with Crippen LogP contribution in [0.15, 0.2) is 42.5 Å². The molecule has 0 saturated carbocycles. The van der Waals surface area contributed by atoms with E-state index in [2.05, 4.69) is 0 Å². The summed E-state index contributed by atoms with van der Waals surface area (Å²) in [5, 5.41) is 10.8. The predicted octanol–water partition coefficient (Wildman–Crippen LogP) is 3.54. The number of rotatable bonds is 2. The van der Waals surface area contributed by atoms with Gasteiger partial charge >= 0.3 is 5.69 Å². The van der Waals surface area contributed by atoms with Crippen LogP contribution in [0.25, 0.3) is 11.1 Å². The molecule has 0 radical (unpaired) electrons. The lowest BCUT2D eigenvalue weighted by atomic mass is 10.0. The summed E-state index contributed by atoms with van der Waals surface area (Å²) >= 11 is 0. The average Bonchev–Trinajstić information content (AvgIpc) is 2.33. The van der Waals surface area contributed by atoms with Crippen molar-refractivity contribution >= 4 is 5.69 Å². The van der Waals surface area contributed by atoms with Gasteiger partial charge in [0, 0.05) is 0 Å². The molecule has 17 heavy (non-hydrogen) atoms. The standard InChI is InChI=1S/C12H7F2NO2/c13-10-7-6-9(8-4-2-1-3-5-8)12(11(10)14)15(16)17/h1-7H. The van der Waals surface area contributed by atoms with E-state index >= 15 is 0 Å². The molecule has 0 aliphatic heterocycles. The van der Waals surface area contributed by atoms with Gasteiger partial charge in [-0.3, -0.25) is 10.1 Å². The molecule has 2 aromatic carbocycles. The van der Waals surface area contributed by atoms with E-state index in [4.69, 9.17) is 0 Å². The molecule has 0 heterocycles. The lowest BCUT2D eigenvalue weighted by Crippen LogP contribution is -1.98. The maximum Gasteiger partial charge on any atom is 0.315 e. The van der Waals surface area contributed by atoms with Gasteiger partial charge in [0.15, 0.2) is 5.82 Å². The summed E-state index contributed by atoms with van der Waals surface area (Å²) in [4.78, 5) is 9.85. The van der Waals surface area contributed by atoms with E-state index in [1.807, 2.05) is 0 Å². The zero-order valence-electron chi connectivity index (χ0n) is 8.56. The minimum absolute atomic E-state index is 0.0644. The number of nitro benzene ring substituents is 1. The van der Waals surface area contributed by atoms with Crippen LogP contribution in [0, 0.1) is 21.7 Å². The van der Waals surface area contributed by atoms with Crippen molar-refractivity contribution in [3.63, 3.8) is 0 Å². The summed E-state index contributed by atoms with van der Waals surface area (Å²) in [6.07, 6.45) is 0. The zero-order valence-corrected chi connectivity index (χ0v) is 8.56.